The molecule has 0 radical (unpaired) electrons. The molecule has 0 aromatic heterocycles. The molecule has 40 heavy (non-hydrogen) atoms. The van der Waals surface area contributed by atoms with E-state index in [0.717, 1.165) is 22.5 Å². The lowest BCUT2D eigenvalue weighted by Crippen LogP contribution is -2.61. The maximum absolute atomic E-state index is 15.0. The normalized spacial score (nSPS) is 15.9. The second-order valence-electron chi connectivity index (χ2n) is 11.3. The monoisotopic (exact) mass is 520 g/mol. The highest BCUT2D eigenvalue weighted by Crippen LogP contribution is 2.46. The summed E-state index contributed by atoms with van der Waals surface area (Å²) in [6, 6.07) is 40.2. The van der Waals surface area contributed by atoms with Gasteiger partial charge in [0.1, 0.15) is 5.82 Å². The molecule has 0 spiro atoms. The van der Waals surface area contributed by atoms with Gasteiger partial charge in [0.2, 0.25) is 0 Å². The average molecular weight is 520 g/mol. The smallest absolute Gasteiger partial charge is 0.252 e. The summed E-state index contributed by atoms with van der Waals surface area (Å²) in [6.07, 6.45) is 6.33. The maximum atomic E-state index is 15.0. The van der Waals surface area contributed by atoms with E-state index in [1.165, 1.54) is 65.7 Å². The summed E-state index contributed by atoms with van der Waals surface area (Å²) in [6.45, 7) is 0.0251. The molecule has 0 bridgehead atoms. The second-order valence-corrected chi connectivity index (χ2v) is 11.3. The Hall–Kier alpha value is -4.31. The summed E-state index contributed by atoms with van der Waals surface area (Å²) in [7, 11) is 0. The molecule has 1 fully saturated rings. The van der Waals surface area contributed by atoms with E-state index in [2.05, 4.69) is 101 Å². The van der Waals surface area contributed by atoms with Crippen molar-refractivity contribution >= 4 is 57.2 Å². The SMILES string of the molecule is Fc1ccc2c(c1)N(c1ccccc1)c1cc(C3CCCCC3)cc3c1B2c1ccccc1N3c1ccccc1. The number of hydrogen-bond donors (Lipinski definition) is 0. The predicted octanol–water partition coefficient (Wildman–Crippen LogP) is 7.96. The molecule has 0 unspecified atom stereocenters. The van der Waals surface area contributed by atoms with Crippen LogP contribution in [-0.4, -0.2) is 6.71 Å². The van der Waals surface area contributed by atoms with E-state index in [-0.39, 0.29) is 12.5 Å². The van der Waals surface area contributed by atoms with Crippen molar-refractivity contribution in [2.75, 3.05) is 9.80 Å². The first-order valence-corrected chi connectivity index (χ1v) is 14.5. The zero-order chi connectivity index (χ0) is 26.6. The average Bonchev–Trinajstić information content (AvgIpc) is 3.02. The highest BCUT2D eigenvalue weighted by atomic mass is 19.1. The van der Waals surface area contributed by atoms with Crippen molar-refractivity contribution in [3.8, 4) is 0 Å². The van der Waals surface area contributed by atoms with Gasteiger partial charge in [-0.3, -0.25) is 0 Å². The fourth-order valence-corrected chi connectivity index (χ4v) is 7.32. The topological polar surface area (TPSA) is 6.48 Å². The van der Waals surface area contributed by atoms with Crippen LogP contribution in [0.3, 0.4) is 0 Å². The Balaban J connectivity index is 1.48. The minimum Gasteiger partial charge on any atom is -0.311 e. The third-order valence-electron chi connectivity index (χ3n) is 9.07. The van der Waals surface area contributed by atoms with Crippen molar-refractivity contribution in [2.45, 2.75) is 38.0 Å². The van der Waals surface area contributed by atoms with Crippen molar-refractivity contribution in [1.82, 2.24) is 0 Å². The Morgan fingerprint density at radius 3 is 1.80 bits per heavy atom. The number of nitrogens with zero attached hydrogens (tertiary/aromatic N) is 2. The molecule has 2 nitrogen and oxygen atoms in total. The fourth-order valence-electron chi connectivity index (χ4n) is 7.32. The van der Waals surface area contributed by atoms with Gasteiger partial charge in [-0.15, -0.1) is 0 Å². The Bertz CT molecular complexity index is 1710. The van der Waals surface area contributed by atoms with Crippen LogP contribution in [0.25, 0.3) is 0 Å². The van der Waals surface area contributed by atoms with Gasteiger partial charge in [0.15, 0.2) is 0 Å². The summed E-state index contributed by atoms with van der Waals surface area (Å²) in [4.78, 5) is 4.76. The summed E-state index contributed by atoms with van der Waals surface area (Å²) >= 11 is 0. The van der Waals surface area contributed by atoms with Gasteiger partial charge in [0, 0.05) is 34.1 Å². The number of para-hydroxylation sites is 3. The molecule has 194 valence electrons. The van der Waals surface area contributed by atoms with E-state index in [9.17, 15) is 4.39 Å². The minimum absolute atomic E-state index is 0.0251. The molecule has 0 saturated heterocycles. The van der Waals surface area contributed by atoms with Gasteiger partial charge in [-0.1, -0.05) is 79.9 Å². The van der Waals surface area contributed by atoms with E-state index < -0.39 is 0 Å². The zero-order valence-electron chi connectivity index (χ0n) is 22.4. The number of hydrogen-bond acceptors (Lipinski definition) is 2. The largest absolute Gasteiger partial charge is 0.311 e. The van der Waals surface area contributed by atoms with Crippen LogP contribution in [0.15, 0.2) is 115 Å². The van der Waals surface area contributed by atoms with E-state index in [0.29, 0.717) is 5.92 Å². The summed E-state index contributed by atoms with van der Waals surface area (Å²) in [5, 5.41) is 0. The van der Waals surface area contributed by atoms with Gasteiger partial charge in [0.05, 0.1) is 0 Å². The van der Waals surface area contributed by atoms with E-state index in [4.69, 9.17) is 0 Å². The molecular formula is C36H30BFN2. The van der Waals surface area contributed by atoms with Crippen molar-refractivity contribution in [1.29, 1.82) is 0 Å². The molecule has 1 aliphatic carbocycles. The maximum Gasteiger partial charge on any atom is 0.252 e. The van der Waals surface area contributed by atoms with E-state index in [1.54, 1.807) is 12.1 Å². The Morgan fingerprint density at radius 1 is 0.550 bits per heavy atom. The van der Waals surface area contributed by atoms with Gasteiger partial charge in [-0.2, -0.15) is 0 Å². The number of anilines is 6. The summed E-state index contributed by atoms with van der Waals surface area (Å²) in [5.41, 5.74) is 11.8. The molecule has 2 heterocycles. The molecule has 4 heteroatoms. The van der Waals surface area contributed by atoms with Crippen molar-refractivity contribution in [3.05, 3.63) is 127 Å². The zero-order valence-corrected chi connectivity index (χ0v) is 22.4. The van der Waals surface area contributed by atoms with Crippen LogP contribution in [0.1, 0.15) is 43.6 Å². The van der Waals surface area contributed by atoms with Crippen LogP contribution in [0.4, 0.5) is 38.5 Å². The molecule has 5 aromatic rings. The molecule has 3 aliphatic rings. The lowest BCUT2D eigenvalue weighted by Gasteiger charge is -2.44. The van der Waals surface area contributed by atoms with Crippen LogP contribution >= 0.6 is 0 Å². The highest BCUT2D eigenvalue weighted by molar-refractivity contribution is 7.00. The lowest BCUT2D eigenvalue weighted by molar-refractivity contribution is 0.444. The highest BCUT2D eigenvalue weighted by Gasteiger charge is 2.43. The third kappa shape index (κ3) is 3.62. The molecule has 0 amide bonds. The first-order chi connectivity index (χ1) is 19.8. The Labute approximate surface area is 235 Å². The van der Waals surface area contributed by atoms with Crippen LogP contribution < -0.4 is 26.2 Å². The standard InChI is InChI=1S/C36H30BFN2/c38-27-20-21-31-33(24-27)40(29-16-8-3-9-17-29)35-23-26(25-12-4-1-5-13-25)22-34-36(35)37(31)30-18-10-11-19-32(30)39(34)28-14-6-2-7-15-28/h2-3,6-11,14-25H,1,4-5,12-13H2. The van der Waals surface area contributed by atoms with Crippen LogP contribution in [0.2, 0.25) is 0 Å². The molecule has 8 rings (SSSR count). The van der Waals surface area contributed by atoms with Gasteiger partial charge in [-0.05, 0) is 95.3 Å². The Kier molecular flexibility index (Phi) is 5.55. The first kappa shape index (κ1) is 23.6. The van der Waals surface area contributed by atoms with Gasteiger partial charge in [-0.25, -0.2) is 4.39 Å². The third-order valence-corrected chi connectivity index (χ3v) is 9.07. The number of benzene rings is 5. The fraction of sp³-hybridized carbons (Fsp3) is 0.167. The summed E-state index contributed by atoms with van der Waals surface area (Å²) < 4.78 is 15.0. The molecule has 5 aromatic carbocycles. The van der Waals surface area contributed by atoms with E-state index >= 15 is 0 Å². The first-order valence-electron chi connectivity index (χ1n) is 14.5. The van der Waals surface area contributed by atoms with Crippen LogP contribution in [-0.2, 0) is 0 Å². The molecular weight excluding hydrogens is 490 g/mol. The van der Waals surface area contributed by atoms with Crippen molar-refractivity contribution in [2.24, 2.45) is 0 Å². The lowest BCUT2D eigenvalue weighted by atomic mass is 9.33. The van der Waals surface area contributed by atoms with Crippen LogP contribution in [0, 0.1) is 5.82 Å². The van der Waals surface area contributed by atoms with Gasteiger partial charge < -0.3 is 9.80 Å². The molecule has 2 aliphatic heterocycles. The minimum atomic E-state index is -0.207. The number of fused-ring (bicyclic) bond motifs is 4. The van der Waals surface area contributed by atoms with E-state index in [1.807, 2.05) is 12.1 Å². The van der Waals surface area contributed by atoms with Crippen molar-refractivity contribution in [3.63, 3.8) is 0 Å². The van der Waals surface area contributed by atoms with Gasteiger partial charge in [0.25, 0.3) is 6.71 Å². The number of rotatable bonds is 3. The van der Waals surface area contributed by atoms with Crippen LogP contribution in [0.5, 0.6) is 0 Å². The molecule has 0 N–H and O–H groups in total. The Morgan fingerprint density at radius 2 is 1.12 bits per heavy atom. The number of halogens is 1. The molecule has 0 atom stereocenters. The summed E-state index contributed by atoms with van der Waals surface area (Å²) in [5.74, 6) is 0.330. The quantitative estimate of drug-likeness (QED) is 0.218. The second kappa shape index (κ2) is 9.41. The van der Waals surface area contributed by atoms with Gasteiger partial charge >= 0.3 is 0 Å². The predicted molar refractivity (Wildman–Crippen MR) is 166 cm³/mol. The van der Waals surface area contributed by atoms with Crippen molar-refractivity contribution < 1.29 is 4.39 Å². The molecule has 1 saturated carbocycles.